The number of ether oxygens (including phenoxy) is 1. The highest BCUT2D eigenvalue weighted by Crippen LogP contribution is 2.20. The minimum Gasteiger partial charge on any atom is -0.495 e. The molecule has 0 bridgehead atoms. The summed E-state index contributed by atoms with van der Waals surface area (Å²) in [6.45, 7) is 2.18. The number of Topliss-reactive ketones (excluding diaryl/α,β-unsaturated/α-hetero) is 1. The second-order valence-corrected chi connectivity index (χ2v) is 4.28. The molecule has 1 heterocycles. The van der Waals surface area contributed by atoms with Gasteiger partial charge < -0.3 is 9.30 Å². The van der Waals surface area contributed by atoms with Crippen molar-refractivity contribution >= 4 is 5.78 Å². The van der Waals surface area contributed by atoms with Gasteiger partial charge in [0.15, 0.2) is 5.78 Å². The number of nitrogens with zero attached hydrogens (tertiary/aromatic N) is 2. The van der Waals surface area contributed by atoms with Gasteiger partial charge in [-0.15, -0.1) is 0 Å². The Morgan fingerprint density at radius 3 is 2.79 bits per heavy atom. The maximum Gasteiger partial charge on any atom is 0.161 e. The van der Waals surface area contributed by atoms with Crippen LogP contribution >= 0.6 is 0 Å². The predicted octanol–water partition coefficient (Wildman–Crippen LogP) is 2.62. The zero-order valence-electron chi connectivity index (χ0n) is 10.9. The Bertz CT molecular complexity index is 650. The van der Waals surface area contributed by atoms with E-state index in [-0.39, 0.29) is 5.78 Å². The molecule has 0 spiro atoms. The Morgan fingerprint density at radius 2 is 2.21 bits per heavy atom. The lowest BCUT2D eigenvalue weighted by Crippen LogP contribution is -1.98. The molecule has 96 valence electrons. The lowest BCUT2D eigenvalue weighted by molar-refractivity contribution is 0.101. The second kappa shape index (κ2) is 5.40. The van der Waals surface area contributed by atoms with E-state index >= 15 is 0 Å². The van der Waals surface area contributed by atoms with E-state index in [2.05, 4.69) is 6.07 Å². The molecule has 0 fully saturated rings. The van der Waals surface area contributed by atoms with E-state index in [1.807, 2.05) is 29.1 Å². The van der Waals surface area contributed by atoms with Crippen molar-refractivity contribution in [3.8, 4) is 11.8 Å². The summed E-state index contributed by atoms with van der Waals surface area (Å²) in [4.78, 5) is 11.2. The molecule has 1 aromatic carbocycles. The largest absolute Gasteiger partial charge is 0.495 e. The number of hydrogen-bond acceptors (Lipinski definition) is 3. The average molecular weight is 254 g/mol. The van der Waals surface area contributed by atoms with Gasteiger partial charge in [-0.05, 0) is 30.7 Å². The van der Waals surface area contributed by atoms with Gasteiger partial charge in [-0.25, -0.2) is 0 Å². The molecule has 0 amide bonds. The summed E-state index contributed by atoms with van der Waals surface area (Å²) < 4.78 is 7.10. The Balaban J connectivity index is 2.23. The molecular weight excluding hydrogens is 240 g/mol. The number of carbonyl (C=O) groups excluding carboxylic acids is 1. The number of carbonyl (C=O) groups is 1. The van der Waals surface area contributed by atoms with E-state index in [1.165, 1.54) is 0 Å². The first-order valence-corrected chi connectivity index (χ1v) is 5.87. The van der Waals surface area contributed by atoms with Gasteiger partial charge in [0.1, 0.15) is 11.8 Å². The summed E-state index contributed by atoms with van der Waals surface area (Å²) in [5.41, 5.74) is 2.23. The molecule has 0 atom stereocenters. The van der Waals surface area contributed by atoms with Crippen LogP contribution in [0.1, 0.15) is 28.4 Å². The quantitative estimate of drug-likeness (QED) is 0.788. The highest BCUT2D eigenvalue weighted by Gasteiger charge is 2.05. The number of nitriles is 1. The molecule has 2 rings (SSSR count). The Kier molecular flexibility index (Phi) is 3.67. The molecule has 0 N–H and O–H groups in total. The van der Waals surface area contributed by atoms with Gasteiger partial charge in [-0.1, -0.05) is 6.07 Å². The van der Waals surface area contributed by atoms with Crippen LogP contribution < -0.4 is 4.74 Å². The fourth-order valence-corrected chi connectivity index (χ4v) is 1.88. The van der Waals surface area contributed by atoms with Gasteiger partial charge in [-0.2, -0.15) is 5.26 Å². The van der Waals surface area contributed by atoms with Crippen LogP contribution in [0, 0.1) is 11.3 Å². The summed E-state index contributed by atoms with van der Waals surface area (Å²) in [5, 5.41) is 8.92. The van der Waals surface area contributed by atoms with Crippen LogP contribution in [0.25, 0.3) is 0 Å². The molecule has 0 saturated carbocycles. The number of benzene rings is 1. The van der Waals surface area contributed by atoms with E-state index < -0.39 is 0 Å². The summed E-state index contributed by atoms with van der Waals surface area (Å²) in [7, 11) is 1.55. The standard InChI is InChI=1S/C15H14N2O2/c1-11(18)14-5-6-17(10-14)9-12-3-4-13(8-16)15(7-12)19-2/h3-7,10H,9H2,1-2H3. The van der Waals surface area contributed by atoms with Gasteiger partial charge in [0.05, 0.1) is 12.7 Å². The first-order valence-electron chi connectivity index (χ1n) is 5.87. The molecule has 0 saturated heterocycles. The van der Waals surface area contributed by atoms with Gasteiger partial charge in [-0.3, -0.25) is 4.79 Å². The van der Waals surface area contributed by atoms with E-state index in [0.29, 0.717) is 23.4 Å². The van der Waals surface area contributed by atoms with E-state index in [9.17, 15) is 4.79 Å². The molecule has 0 unspecified atom stereocenters. The fraction of sp³-hybridized carbons (Fsp3) is 0.200. The van der Waals surface area contributed by atoms with Crippen LogP contribution in [0.3, 0.4) is 0 Å². The van der Waals surface area contributed by atoms with Crippen LogP contribution in [0.15, 0.2) is 36.7 Å². The lowest BCUT2D eigenvalue weighted by Gasteiger charge is -2.07. The highest BCUT2D eigenvalue weighted by molar-refractivity contribution is 5.93. The van der Waals surface area contributed by atoms with Crippen LogP contribution in [0.2, 0.25) is 0 Å². The average Bonchev–Trinajstić information content (AvgIpc) is 2.87. The van der Waals surface area contributed by atoms with Gasteiger partial charge in [0.25, 0.3) is 0 Å². The van der Waals surface area contributed by atoms with E-state index in [0.717, 1.165) is 5.56 Å². The van der Waals surface area contributed by atoms with Crippen LogP contribution in [0.5, 0.6) is 5.75 Å². The second-order valence-electron chi connectivity index (χ2n) is 4.28. The summed E-state index contributed by atoms with van der Waals surface area (Å²) in [6.07, 6.45) is 3.68. The first kappa shape index (κ1) is 12.9. The van der Waals surface area contributed by atoms with Crippen molar-refractivity contribution < 1.29 is 9.53 Å². The summed E-state index contributed by atoms with van der Waals surface area (Å²) >= 11 is 0. The monoisotopic (exact) mass is 254 g/mol. The first-order chi connectivity index (χ1) is 9.13. The zero-order valence-corrected chi connectivity index (χ0v) is 10.9. The van der Waals surface area contributed by atoms with Crippen molar-refractivity contribution in [1.29, 1.82) is 5.26 Å². The molecule has 4 heteroatoms. The van der Waals surface area contributed by atoms with Gasteiger partial charge in [0.2, 0.25) is 0 Å². The molecule has 0 aliphatic heterocycles. The third kappa shape index (κ3) is 2.83. The molecule has 4 nitrogen and oxygen atoms in total. The van der Waals surface area contributed by atoms with E-state index in [4.69, 9.17) is 10.00 Å². The maximum atomic E-state index is 11.2. The van der Waals surface area contributed by atoms with Crippen LogP contribution in [0.4, 0.5) is 0 Å². The minimum absolute atomic E-state index is 0.0520. The molecule has 0 aliphatic rings. The van der Waals surface area contributed by atoms with Crippen molar-refractivity contribution in [2.75, 3.05) is 7.11 Å². The topological polar surface area (TPSA) is 55.0 Å². The number of ketones is 1. The number of aromatic nitrogens is 1. The molecule has 0 radical (unpaired) electrons. The number of hydrogen-bond donors (Lipinski definition) is 0. The van der Waals surface area contributed by atoms with Crippen molar-refractivity contribution in [3.63, 3.8) is 0 Å². The normalized spacial score (nSPS) is 9.95. The molecule has 1 aromatic heterocycles. The van der Waals surface area contributed by atoms with Crippen molar-refractivity contribution in [3.05, 3.63) is 53.3 Å². The lowest BCUT2D eigenvalue weighted by atomic mass is 10.1. The maximum absolute atomic E-state index is 11.2. The smallest absolute Gasteiger partial charge is 0.161 e. The molecule has 2 aromatic rings. The number of methoxy groups -OCH3 is 1. The third-order valence-electron chi connectivity index (χ3n) is 2.91. The fourth-order valence-electron chi connectivity index (χ4n) is 1.88. The Morgan fingerprint density at radius 1 is 1.42 bits per heavy atom. The summed E-state index contributed by atoms with van der Waals surface area (Å²) in [5.74, 6) is 0.620. The highest BCUT2D eigenvalue weighted by atomic mass is 16.5. The molecular formula is C15H14N2O2. The van der Waals surface area contributed by atoms with Crippen molar-refractivity contribution in [1.82, 2.24) is 4.57 Å². The molecule has 0 aliphatic carbocycles. The summed E-state index contributed by atoms with van der Waals surface area (Å²) in [6, 6.07) is 9.34. The zero-order chi connectivity index (χ0) is 13.8. The van der Waals surface area contributed by atoms with Crippen molar-refractivity contribution in [2.45, 2.75) is 13.5 Å². The van der Waals surface area contributed by atoms with Gasteiger partial charge in [0, 0.05) is 24.5 Å². The third-order valence-corrected chi connectivity index (χ3v) is 2.91. The Labute approximate surface area is 111 Å². The van der Waals surface area contributed by atoms with Crippen LogP contribution in [-0.4, -0.2) is 17.5 Å². The van der Waals surface area contributed by atoms with E-state index in [1.54, 1.807) is 26.2 Å². The predicted molar refractivity (Wildman–Crippen MR) is 71.2 cm³/mol. The van der Waals surface area contributed by atoms with Crippen molar-refractivity contribution in [2.24, 2.45) is 0 Å². The van der Waals surface area contributed by atoms with Crippen LogP contribution in [-0.2, 0) is 6.54 Å². The minimum atomic E-state index is 0.0520. The molecule has 19 heavy (non-hydrogen) atoms. The van der Waals surface area contributed by atoms with Gasteiger partial charge >= 0.3 is 0 Å². The number of rotatable bonds is 4. The Hall–Kier alpha value is -2.54. The SMILES string of the molecule is COc1cc(Cn2ccc(C(C)=O)c2)ccc1C#N.